The Hall–Kier alpha value is -0.950. The molecule has 0 aromatic heterocycles. The molecule has 0 radical (unpaired) electrons. The Bertz CT molecular complexity index is 542. The molecule has 1 amide bonds. The molecule has 3 rings (SSSR count). The molecular weight excluding hydrogens is 368 g/mol. The van der Waals surface area contributed by atoms with Gasteiger partial charge in [-0.05, 0) is 50.7 Å². The molecule has 0 aliphatic carbocycles. The zero-order chi connectivity index (χ0) is 16.9. The fourth-order valence-corrected chi connectivity index (χ4v) is 3.92. The molecular formula is C18H27BrN4O. The molecule has 132 valence electrons. The van der Waals surface area contributed by atoms with Crippen LogP contribution in [0.2, 0.25) is 0 Å². The molecule has 24 heavy (non-hydrogen) atoms. The Kier molecular flexibility index (Phi) is 6.27. The van der Waals surface area contributed by atoms with E-state index in [0.717, 1.165) is 36.3 Å². The molecule has 6 heteroatoms. The van der Waals surface area contributed by atoms with Crippen molar-refractivity contribution in [2.45, 2.75) is 18.9 Å². The quantitative estimate of drug-likeness (QED) is 0.848. The van der Waals surface area contributed by atoms with Crippen molar-refractivity contribution in [2.75, 3.05) is 58.2 Å². The predicted octanol–water partition coefficient (Wildman–Crippen LogP) is 2.10. The lowest BCUT2D eigenvalue weighted by molar-refractivity contribution is -0.117. The summed E-state index contributed by atoms with van der Waals surface area (Å²) in [5, 5.41) is 2.98. The molecule has 1 aromatic rings. The van der Waals surface area contributed by atoms with Gasteiger partial charge in [-0.2, -0.15) is 0 Å². The zero-order valence-electron chi connectivity index (χ0n) is 14.4. The van der Waals surface area contributed by atoms with Gasteiger partial charge in [-0.15, -0.1) is 0 Å². The van der Waals surface area contributed by atoms with Crippen LogP contribution in [0.4, 0.5) is 5.69 Å². The molecule has 2 aliphatic heterocycles. The van der Waals surface area contributed by atoms with Crippen molar-refractivity contribution in [1.29, 1.82) is 0 Å². The third kappa shape index (κ3) is 5.02. The highest BCUT2D eigenvalue weighted by Gasteiger charge is 2.27. The average molecular weight is 395 g/mol. The molecule has 0 bridgehead atoms. The van der Waals surface area contributed by atoms with Crippen LogP contribution >= 0.6 is 15.9 Å². The number of nitrogens with one attached hydrogen (secondary N) is 1. The molecule has 2 aliphatic rings. The number of carbonyl (C=O) groups is 1. The van der Waals surface area contributed by atoms with E-state index in [-0.39, 0.29) is 5.91 Å². The van der Waals surface area contributed by atoms with Crippen LogP contribution in [-0.4, -0.2) is 79.5 Å². The molecule has 1 atom stereocenters. The smallest absolute Gasteiger partial charge is 0.238 e. The summed E-state index contributed by atoms with van der Waals surface area (Å²) < 4.78 is 1.02. The molecule has 1 N–H and O–H groups in total. The van der Waals surface area contributed by atoms with Crippen molar-refractivity contribution in [3.05, 3.63) is 28.7 Å². The van der Waals surface area contributed by atoms with E-state index in [1.165, 1.54) is 25.9 Å². The number of likely N-dealkylation sites (N-methyl/N-ethyl adjacent to an activating group) is 1. The van der Waals surface area contributed by atoms with Gasteiger partial charge in [0.25, 0.3) is 0 Å². The Morgan fingerprint density at radius 3 is 2.54 bits per heavy atom. The number of nitrogens with zero attached hydrogens (tertiary/aromatic N) is 3. The summed E-state index contributed by atoms with van der Waals surface area (Å²) in [5.41, 5.74) is 0.854. The lowest BCUT2D eigenvalue weighted by Gasteiger charge is -2.42. The van der Waals surface area contributed by atoms with Gasteiger partial charge in [-0.1, -0.05) is 15.9 Å². The maximum Gasteiger partial charge on any atom is 0.238 e. The number of halogens is 1. The number of likely N-dealkylation sites (tertiary alicyclic amines) is 1. The second-order valence-corrected chi connectivity index (χ2v) is 7.84. The lowest BCUT2D eigenvalue weighted by atomic mass is 10.0. The highest BCUT2D eigenvalue weighted by molar-refractivity contribution is 9.10. The molecule has 5 nitrogen and oxygen atoms in total. The number of rotatable bonds is 4. The first-order chi connectivity index (χ1) is 11.6. The first-order valence-electron chi connectivity index (χ1n) is 8.80. The van der Waals surface area contributed by atoms with Crippen LogP contribution < -0.4 is 5.32 Å². The minimum Gasteiger partial charge on any atom is -0.325 e. The first kappa shape index (κ1) is 17.9. The minimum absolute atomic E-state index is 0.0724. The Balaban J connectivity index is 1.41. The van der Waals surface area contributed by atoms with Gasteiger partial charge < -0.3 is 10.2 Å². The molecule has 2 heterocycles. The molecule has 1 aromatic carbocycles. The van der Waals surface area contributed by atoms with E-state index in [4.69, 9.17) is 0 Å². The van der Waals surface area contributed by atoms with Gasteiger partial charge in [-0.25, -0.2) is 0 Å². The standard InChI is InChI=1S/C18H27BrN4O/c1-21-8-2-3-17(13-21)23-11-9-22(10-12-23)14-18(24)20-16-6-4-15(19)5-7-16/h4-7,17H,2-3,8-14H2,1H3,(H,20,24). The van der Waals surface area contributed by atoms with Gasteiger partial charge in [0.05, 0.1) is 6.54 Å². The molecule has 2 fully saturated rings. The summed E-state index contributed by atoms with van der Waals surface area (Å²) in [4.78, 5) is 19.5. The second kappa shape index (κ2) is 8.43. The van der Waals surface area contributed by atoms with Crippen LogP contribution in [0.3, 0.4) is 0 Å². The van der Waals surface area contributed by atoms with Crippen LogP contribution in [0.25, 0.3) is 0 Å². The van der Waals surface area contributed by atoms with Crippen LogP contribution in [0.5, 0.6) is 0 Å². The number of piperazine rings is 1. The third-order valence-electron chi connectivity index (χ3n) is 5.02. The molecule has 2 saturated heterocycles. The summed E-state index contributed by atoms with van der Waals surface area (Å²) in [6.07, 6.45) is 2.62. The van der Waals surface area contributed by atoms with Crippen LogP contribution in [0.15, 0.2) is 28.7 Å². The third-order valence-corrected chi connectivity index (χ3v) is 5.55. The van der Waals surface area contributed by atoms with Crippen molar-refractivity contribution >= 4 is 27.5 Å². The Morgan fingerprint density at radius 2 is 1.88 bits per heavy atom. The van der Waals surface area contributed by atoms with Gasteiger partial charge in [0.2, 0.25) is 5.91 Å². The number of hydrogen-bond donors (Lipinski definition) is 1. The van der Waals surface area contributed by atoms with E-state index in [0.29, 0.717) is 12.6 Å². The second-order valence-electron chi connectivity index (χ2n) is 6.93. The van der Waals surface area contributed by atoms with E-state index in [2.05, 4.69) is 43.0 Å². The number of piperidine rings is 1. The van der Waals surface area contributed by atoms with E-state index >= 15 is 0 Å². The summed E-state index contributed by atoms with van der Waals surface area (Å²) in [7, 11) is 2.22. The number of carbonyl (C=O) groups excluding carboxylic acids is 1. The van der Waals surface area contributed by atoms with Crippen LogP contribution in [0, 0.1) is 0 Å². The predicted molar refractivity (Wildman–Crippen MR) is 101 cm³/mol. The van der Waals surface area contributed by atoms with Gasteiger partial charge in [0.1, 0.15) is 0 Å². The SMILES string of the molecule is CN1CCCC(N2CCN(CC(=O)Nc3ccc(Br)cc3)CC2)C1. The highest BCUT2D eigenvalue weighted by atomic mass is 79.9. The number of benzene rings is 1. The number of anilines is 1. The molecule has 0 spiro atoms. The van der Waals surface area contributed by atoms with E-state index in [1.54, 1.807) is 0 Å². The van der Waals surface area contributed by atoms with Crippen LogP contribution in [0.1, 0.15) is 12.8 Å². The van der Waals surface area contributed by atoms with Crippen molar-refractivity contribution in [2.24, 2.45) is 0 Å². The van der Waals surface area contributed by atoms with Gasteiger partial charge in [0, 0.05) is 48.9 Å². The summed E-state index contributed by atoms with van der Waals surface area (Å²) >= 11 is 3.40. The van der Waals surface area contributed by atoms with Gasteiger partial charge in [0.15, 0.2) is 0 Å². The number of hydrogen-bond acceptors (Lipinski definition) is 4. The van der Waals surface area contributed by atoms with Crippen molar-refractivity contribution in [3.8, 4) is 0 Å². The maximum atomic E-state index is 12.2. The average Bonchev–Trinajstić information content (AvgIpc) is 2.58. The van der Waals surface area contributed by atoms with Crippen molar-refractivity contribution < 1.29 is 4.79 Å². The lowest BCUT2D eigenvalue weighted by Crippen LogP contribution is -2.55. The topological polar surface area (TPSA) is 38.8 Å². The Morgan fingerprint density at radius 1 is 1.17 bits per heavy atom. The monoisotopic (exact) mass is 394 g/mol. The van der Waals surface area contributed by atoms with Gasteiger partial charge in [-0.3, -0.25) is 14.6 Å². The fourth-order valence-electron chi connectivity index (χ4n) is 3.66. The minimum atomic E-state index is 0.0724. The van der Waals surface area contributed by atoms with Crippen LogP contribution in [-0.2, 0) is 4.79 Å². The van der Waals surface area contributed by atoms with Crippen molar-refractivity contribution in [3.63, 3.8) is 0 Å². The van der Waals surface area contributed by atoms with E-state index < -0.39 is 0 Å². The van der Waals surface area contributed by atoms with Gasteiger partial charge >= 0.3 is 0 Å². The van der Waals surface area contributed by atoms with Crippen molar-refractivity contribution in [1.82, 2.24) is 14.7 Å². The summed E-state index contributed by atoms with van der Waals surface area (Å²) in [6.45, 7) is 7.00. The summed E-state index contributed by atoms with van der Waals surface area (Å²) in [5.74, 6) is 0.0724. The maximum absolute atomic E-state index is 12.2. The fraction of sp³-hybridized carbons (Fsp3) is 0.611. The summed E-state index contributed by atoms with van der Waals surface area (Å²) in [6, 6.07) is 8.41. The largest absolute Gasteiger partial charge is 0.325 e. The molecule has 0 saturated carbocycles. The normalized spacial score (nSPS) is 24.0. The number of amides is 1. The first-order valence-corrected chi connectivity index (χ1v) is 9.60. The van der Waals surface area contributed by atoms with E-state index in [1.807, 2.05) is 24.3 Å². The highest BCUT2D eigenvalue weighted by Crippen LogP contribution is 2.17. The Labute approximate surface area is 153 Å². The molecule has 1 unspecified atom stereocenters. The zero-order valence-corrected chi connectivity index (χ0v) is 16.0. The van der Waals surface area contributed by atoms with E-state index in [9.17, 15) is 4.79 Å².